The number of rotatable bonds is 5. The molecule has 2 N–H and O–H groups in total. The molecule has 0 bridgehead atoms. The maximum atomic E-state index is 5.53. The first kappa shape index (κ1) is 11.7. The van der Waals surface area contributed by atoms with Gasteiger partial charge in [0.25, 0.3) is 0 Å². The third kappa shape index (κ3) is 3.78. The van der Waals surface area contributed by atoms with Gasteiger partial charge in [0.05, 0.1) is 6.61 Å². The summed E-state index contributed by atoms with van der Waals surface area (Å²) in [4.78, 5) is 2.43. The van der Waals surface area contributed by atoms with Gasteiger partial charge < -0.3 is 10.5 Å². The van der Waals surface area contributed by atoms with Crippen LogP contribution >= 0.6 is 0 Å². The minimum atomic E-state index is 0.603. The highest BCUT2D eigenvalue weighted by molar-refractivity contribution is 4.99. The van der Waals surface area contributed by atoms with Crippen molar-refractivity contribution in [2.45, 2.75) is 12.8 Å². The lowest BCUT2D eigenvalue weighted by molar-refractivity contribution is 0.0948. The summed E-state index contributed by atoms with van der Waals surface area (Å²) in [6, 6.07) is 0. The van der Waals surface area contributed by atoms with Crippen LogP contribution < -0.4 is 5.73 Å². The Balaban J connectivity index is 2.28. The van der Waals surface area contributed by atoms with Gasteiger partial charge in [-0.1, -0.05) is 6.58 Å². The molecule has 1 aliphatic rings. The quantitative estimate of drug-likeness (QED) is 0.666. The van der Waals surface area contributed by atoms with Crippen LogP contribution in [0.5, 0.6) is 0 Å². The Labute approximate surface area is 86.9 Å². The SMILES string of the molecule is C=C(CN)CN1CCCC(COC)C1. The van der Waals surface area contributed by atoms with E-state index in [2.05, 4.69) is 11.5 Å². The van der Waals surface area contributed by atoms with Gasteiger partial charge in [0, 0.05) is 26.7 Å². The first-order chi connectivity index (χ1) is 6.76. The smallest absolute Gasteiger partial charge is 0.0502 e. The highest BCUT2D eigenvalue weighted by atomic mass is 16.5. The molecule has 3 nitrogen and oxygen atoms in total. The van der Waals surface area contributed by atoms with Gasteiger partial charge in [0.2, 0.25) is 0 Å². The Morgan fingerprint density at radius 2 is 2.43 bits per heavy atom. The number of nitrogens with two attached hydrogens (primary N) is 1. The lowest BCUT2D eigenvalue weighted by Crippen LogP contribution is -2.38. The molecule has 0 amide bonds. The van der Waals surface area contributed by atoms with Crippen molar-refractivity contribution in [1.82, 2.24) is 4.90 Å². The summed E-state index contributed by atoms with van der Waals surface area (Å²) in [5, 5.41) is 0. The second-order valence-corrected chi connectivity index (χ2v) is 4.15. The van der Waals surface area contributed by atoms with Crippen molar-refractivity contribution < 1.29 is 4.74 Å². The van der Waals surface area contributed by atoms with E-state index >= 15 is 0 Å². The summed E-state index contributed by atoms with van der Waals surface area (Å²) in [5.41, 5.74) is 6.66. The molecule has 0 spiro atoms. The van der Waals surface area contributed by atoms with Crippen LogP contribution in [0.3, 0.4) is 0 Å². The summed E-state index contributed by atoms with van der Waals surface area (Å²) in [5.74, 6) is 0.694. The zero-order valence-electron chi connectivity index (χ0n) is 9.17. The summed E-state index contributed by atoms with van der Waals surface area (Å²) < 4.78 is 5.19. The van der Waals surface area contributed by atoms with Crippen LogP contribution in [0.4, 0.5) is 0 Å². The molecule has 1 unspecified atom stereocenters. The second-order valence-electron chi connectivity index (χ2n) is 4.15. The van der Waals surface area contributed by atoms with Crippen LogP contribution in [0.2, 0.25) is 0 Å². The van der Waals surface area contributed by atoms with Gasteiger partial charge in [0.1, 0.15) is 0 Å². The molecule has 82 valence electrons. The lowest BCUT2D eigenvalue weighted by atomic mass is 9.98. The number of ether oxygens (including phenoxy) is 1. The largest absolute Gasteiger partial charge is 0.384 e. The van der Waals surface area contributed by atoms with Crippen molar-refractivity contribution in [1.29, 1.82) is 0 Å². The van der Waals surface area contributed by atoms with E-state index in [4.69, 9.17) is 10.5 Å². The standard InChI is InChI=1S/C11H22N2O/c1-10(6-12)7-13-5-3-4-11(8-13)9-14-2/h11H,1,3-9,12H2,2H3. The van der Waals surface area contributed by atoms with Crippen molar-refractivity contribution in [2.75, 3.05) is 39.9 Å². The van der Waals surface area contributed by atoms with Gasteiger partial charge >= 0.3 is 0 Å². The number of methoxy groups -OCH3 is 1. The molecule has 1 fully saturated rings. The second kappa shape index (κ2) is 6.17. The van der Waals surface area contributed by atoms with E-state index in [1.54, 1.807) is 7.11 Å². The van der Waals surface area contributed by atoms with Crippen LogP contribution in [0.15, 0.2) is 12.2 Å². The van der Waals surface area contributed by atoms with Crippen LogP contribution in [0.25, 0.3) is 0 Å². The molecular weight excluding hydrogens is 176 g/mol. The molecule has 1 atom stereocenters. The van der Waals surface area contributed by atoms with E-state index in [1.807, 2.05) is 0 Å². The molecule has 1 aliphatic heterocycles. The number of hydrogen-bond acceptors (Lipinski definition) is 3. The van der Waals surface area contributed by atoms with Crippen LogP contribution in [0.1, 0.15) is 12.8 Å². The third-order valence-electron chi connectivity index (χ3n) is 2.74. The van der Waals surface area contributed by atoms with Gasteiger partial charge in [-0.15, -0.1) is 0 Å². The molecule has 0 aromatic carbocycles. The number of likely N-dealkylation sites (tertiary alicyclic amines) is 1. The van der Waals surface area contributed by atoms with Gasteiger partial charge in [-0.05, 0) is 30.9 Å². The maximum Gasteiger partial charge on any atom is 0.0502 e. The van der Waals surface area contributed by atoms with Gasteiger partial charge in [-0.3, -0.25) is 4.90 Å². The zero-order chi connectivity index (χ0) is 10.4. The average molecular weight is 198 g/mol. The predicted molar refractivity (Wildman–Crippen MR) is 59.2 cm³/mol. The van der Waals surface area contributed by atoms with Crippen molar-refractivity contribution in [3.63, 3.8) is 0 Å². The molecular formula is C11H22N2O. The topological polar surface area (TPSA) is 38.5 Å². The molecule has 0 aromatic heterocycles. The first-order valence-electron chi connectivity index (χ1n) is 5.34. The Morgan fingerprint density at radius 1 is 1.64 bits per heavy atom. The van der Waals surface area contributed by atoms with Crippen LogP contribution in [0, 0.1) is 5.92 Å². The molecule has 0 aliphatic carbocycles. The van der Waals surface area contributed by atoms with Crippen molar-refractivity contribution in [2.24, 2.45) is 11.7 Å². The summed E-state index contributed by atoms with van der Waals surface area (Å²) in [6.07, 6.45) is 2.56. The van der Waals surface area contributed by atoms with Crippen LogP contribution in [-0.2, 0) is 4.74 Å². The maximum absolute atomic E-state index is 5.53. The van der Waals surface area contributed by atoms with Crippen molar-refractivity contribution >= 4 is 0 Å². The molecule has 1 saturated heterocycles. The minimum absolute atomic E-state index is 0.603. The van der Waals surface area contributed by atoms with Gasteiger partial charge in [-0.2, -0.15) is 0 Å². The highest BCUT2D eigenvalue weighted by Gasteiger charge is 2.19. The van der Waals surface area contributed by atoms with Gasteiger partial charge in [-0.25, -0.2) is 0 Å². The van der Waals surface area contributed by atoms with E-state index in [1.165, 1.54) is 19.4 Å². The molecule has 0 saturated carbocycles. The summed E-state index contributed by atoms with van der Waals surface area (Å²) >= 11 is 0. The number of nitrogens with zero attached hydrogens (tertiary/aromatic N) is 1. The van der Waals surface area contributed by atoms with E-state index in [0.29, 0.717) is 12.5 Å². The Morgan fingerprint density at radius 3 is 3.07 bits per heavy atom. The fourth-order valence-electron chi connectivity index (χ4n) is 2.05. The molecule has 14 heavy (non-hydrogen) atoms. The van der Waals surface area contributed by atoms with Gasteiger partial charge in [0.15, 0.2) is 0 Å². The third-order valence-corrected chi connectivity index (χ3v) is 2.74. The average Bonchev–Trinajstić information content (AvgIpc) is 2.19. The Kier molecular flexibility index (Phi) is 5.15. The lowest BCUT2D eigenvalue weighted by Gasteiger charge is -2.32. The van der Waals surface area contributed by atoms with E-state index < -0.39 is 0 Å². The number of hydrogen-bond donors (Lipinski definition) is 1. The van der Waals surface area contributed by atoms with Crippen LogP contribution in [-0.4, -0.2) is 44.8 Å². The summed E-state index contributed by atoms with van der Waals surface area (Å²) in [6.45, 7) is 8.69. The molecule has 1 heterocycles. The predicted octanol–water partition coefficient (Wildman–Crippen LogP) is 0.860. The molecule has 0 radical (unpaired) electrons. The fraction of sp³-hybridized carbons (Fsp3) is 0.818. The molecule has 3 heteroatoms. The molecule has 1 rings (SSSR count). The van der Waals surface area contributed by atoms with E-state index in [0.717, 1.165) is 25.3 Å². The first-order valence-corrected chi connectivity index (χ1v) is 5.34. The molecule has 0 aromatic rings. The number of piperidine rings is 1. The normalized spacial score (nSPS) is 23.7. The Bertz CT molecular complexity index is 180. The monoisotopic (exact) mass is 198 g/mol. The Hall–Kier alpha value is -0.380. The fourth-order valence-corrected chi connectivity index (χ4v) is 2.05. The zero-order valence-corrected chi connectivity index (χ0v) is 9.17. The summed E-state index contributed by atoms with van der Waals surface area (Å²) in [7, 11) is 1.78. The van der Waals surface area contributed by atoms with E-state index in [-0.39, 0.29) is 0 Å². The van der Waals surface area contributed by atoms with Crippen molar-refractivity contribution in [3.05, 3.63) is 12.2 Å². The highest BCUT2D eigenvalue weighted by Crippen LogP contribution is 2.16. The van der Waals surface area contributed by atoms with Crippen molar-refractivity contribution in [3.8, 4) is 0 Å². The van der Waals surface area contributed by atoms with E-state index in [9.17, 15) is 0 Å². The minimum Gasteiger partial charge on any atom is -0.384 e.